The Bertz CT molecular complexity index is 352. The van der Waals surface area contributed by atoms with Crippen LogP contribution in [0.4, 0.5) is 0 Å². The summed E-state index contributed by atoms with van der Waals surface area (Å²) in [5.41, 5.74) is 1.38. The molecule has 0 saturated carbocycles. The fraction of sp³-hybridized carbons (Fsp3) is 0.400. The van der Waals surface area contributed by atoms with Crippen molar-refractivity contribution in [2.75, 3.05) is 0 Å². The number of hydrogen-bond donors (Lipinski definition) is 1. The summed E-state index contributed by atoms with van der Waals surface area (Å²) in [5.74, 6) is -1.42. The fourth-order valence-corrected chi connectivity index (χ4v) is 1.65. The van der Waals surface area contributed by atoms with Crippen LogP contribution in [-0.4, -0.2) is 16.1 Å². The van der Waals surface area contributed by atoms with Gasteiger partial charge in [0, 0.05) is 11.3 Å². The number of rotatable bonds is 3. The van der Waals surface area contributed by atoms with Crippen LogP contribution in [0, 0.1) is 6.92 Å². The van der Waals surface area contributed by atoms with Crippen LogP contribution in [0.15, 0.2) is 12.1 Å². The average Bonchev–Trinajstić information content (AvgIpc) is 2.09. The van der Waals surface area contributed by atoms with E-state index in [1.54, 1.807) is 12.1 Å². The second-order valence-corrected chi connectivity index (χ2v) is 3.49. The molecule has 1 N–H and O–H groups in total. The van der Waals surface area contributed by atoms with E-state index in [0.29, 0.717) is 17.1 Å². The predicted molar refractivity (Wildman–Crippen MR) is 54.7 cm³/mol. The van der Waals surface area contributed by atoms with Gasteiger partial charge in [0.25, 0.3) is 0 Å². The van der Waals surface area contributed by atoms with Crippen LogP contribution in [0.2, 0.25) is 5.15 Å². The topological polar surface area (TPSA) is 50.2 Å². The summed E-state index contributed by atoms with van der Waals surface area (Å²) in [6, 6.07) is 3.50. The van der Waals surface area contributed by atoms with Crippen molar-refractivity contribution in [3.05, 3.63) is 28.5 Å². The number of carboxylic acid groups (broad SMARTS) is 1. The van der Waals surface area contributed by atoms with Gasteiger partial charge in [0.05, 0.1) is 5.92 Å². The van der Waals surface area contributed by atoms with E-state index in [4.69, 9.17) is 16.7 Å². The third-order valence-corrected chi connectivity index (χ3v) is 2.40. The molecule has 1 unspecified atom stereocenters. The summed E-state index contributed by atoms with van der Waals surface area (Å²) in [6.07, 6.45) is 0.514. The van der Waals surface area contributed by atoms with E-state index >= 15 is 0 Å². The third-order valence-electron chi connectivity index (χ3n) is 2.10. The van der Waals surface area contributed by atoms with E-state index in [1.165, 1.54) is 0 Å². The summed E-state index contributed by atoms with van der Waals surface area (Å²) >= 11 is 5.87. The lowest BCUT2D eigenvalue weighted by Gasteiger charge is -2.11. The van der Waals surface area contributed by atoms with Gasteiger partial charge in [-0.2, -0.15) is 0 Å². The van der Waals surface area contributed by atoms with Gasteiger partial charge in [-0.15, -0.1) is 0 Å². The van der Waals surface area contributed by atoms with E-state index in [9.17, 15) is 4.79 Å². The van der Waals surface area contributed by atoms with Crippen LogP contribution in [0.3, 0.4) is 0 Å². The first-order valence-electron chi connectivity index (χ1n) is 4.42. The zero-order chi connectivity index (χ0) is 10.7. The van der Waals surface area contributed by atoms with Crippen molar-refractivity contribution >= 4 is 17.6 Å². The quantitative estimate of drug-likeness (QED) is 0.786. The van der Waals surface area contributed by atoms with Crippen molar-refractivity contribution in [1.82, 2.24) is 4.98 Å². The summed E-state index contributed by atoms with van der Waals surface area (Å²) in [5, 5.41) is 9.22. The Labute approximate surface area is 87.7 Å². The van der Waals surface area contributed by atoms with Crippen molar-refractivity contribution in [3.8, 4) is 0 Å². The maximum Gasteiger partial charge on any atom is 0.311 e. The van der Waals surface area contributed by atoms with Crippen molar-refractivity contribution in [2.45, 2.75) is 26.2 Å². The highest BCUT2D eigenvalue weighted by Crippen LogP contribution is 2.25. The highest BCUT2D eigenvalue weighted by atomic mass is 35.5. The van der Waals surface area contributed by atoms with Crippen LogP contribution < -0.4 is 0 Å². The first-order chi connectivity index (χ1) is 6.56. The number of aliphatic carboxylic acids is 1. The van der Waals surface area contributed by atoms with Gasteiger partial charge in [-0.1, -0.05) is 24.6 Å². The molecule has 1 aromatic heterocycles. The van der Waals surface area contributed by atoms with Crippen molar-refractivity contribution < 1.29 is 9.90 Å². The van der Waals surface area contributed by atoms with E-state index in [1.807, 2.05) is 13.8 Å². The number of halogens is 1. The van der Waals surface area contributed by atoms with Crippen LogP contribution in [-0.2, 0) is 4.79 Å². The molecule has 1 heterocycles. The lowest BCUT2D eigenvalue weighted by atomic mass is 9.98. The van der Waals surface area contributed by atoms with Gasteiger partial charge in [0.1, 0.15) is 5.15 Å². The van der Waals surface area contributed by atoms with Crippen molar-refractivity contribution in [2.24, 2.45) is 0 Å². The smallest absolute Gasteiger partial charge is 0.311 e. The molecule has 0 bridgehead atoms. The van der Waals surface area contributed by atoms with Crippen molar-refractivity contribution in [3.63, 3.8) is 0 Å². The average molecular weight is 214 g/mol. The van der Waals surface area contributed by atoms with E-state index in [-0.39, 0.29) is 0 Å². The molecule has 76 valence electrons. The summed E-state index contributed by atoms with van der Waals surface area (Å²) < 4.78 is 0. The van der Waals surface area contributed by atoms with Gasteiger partial charge in [0.2, 0.25) is 0 Å². The van der Waals surface area contributed by atoms with Gasteiger partial charge in [0.15, 0.2) is 0 Å². The van der Waals surface area contributed by atoms with Crippen LogP contribution >= 0.6 is 11.6 Å². The largest absolute Gasteiger partial charge is 0.481 e. The third kappa shape index (κ3) is 2.23. The molecular formula is C10H12ClNO2. The number of hydrogen-bond acceptors (Lipinski definition) is 2. The molecule has 0 aliphatic carbocycles. The molecule has 1 rings (SSSR count). The Balaban J connectivity index is 3.10. The molecule has 1 atom stereocenters. The Hall–Kier alpha value is -1.09. The zero-order valence-electron chi connectivity index (χ0n) is 8.12. The molecule has 1 aromatic rings. The minimum Gasteiger partial charge on any atom is -0.481 e. The minimum absolute atomic E-state index is 0.291. The first kappa shape index (κ1) is 11.0. The molecule has 0 aliphatic heterocycles. The summed E-state index contributed by atoms with van der Waals surface area (Å²) in [6.45, 7) is 3.63. The number of aromatic nitrogens is 1. The fourth-order valence-electron chi connectivity index (χ4n) is 1.32. The number of pyridine rings is 1. The lowest BCUT2D eigenvalue weighted by Crippen LogP contribution is -2.11. The van der Waals surface area contributed by atoms with E-state index < -0.39 is 11.9 Å². The monoisotopic (exact) mass is 213 g/mol. The van der Waals surface area contributed by atoms with E-state index in [2.05, 4.69) is 4.98 Å². The van der Waals surface area contributed by atoms with Crippen LogP contribution in [0.1, 0.15) is 30.5 Å². The van der Waals surface area contributed by atoms with Gasteiger partial charge < -0.3 is 5.11 Å². The second-order valence-electron chi connectivity index (χ2n) is 3.13. The Morgan fingerprint density at radius 1 is 1.64 bits per heavy atom. The maximum absolute atomic E-state index is 10.9. The molecule has 0 fully saturated rings. The number of carbonyl (C=O) groups is 1. The molecule has 0 amide bonds. The minimum atomic E-state index is -0.861. The van der Waals surface area contributed by atoms with Crippen LogP contribution in [0.25, 0.3) is 0 Å². The maximum atomic E-state index is 10.9. The highest BCUT2D eigenvalue weighted by Gasteiger charge is 2.20. The molecule has 3 nitrogen and oxygen atoms in total. The molecule has 0 spiro atoms. The summed E-state index contributed by atoms with van der Waals surface area (Å²) in [7, 11) is 0. The van der Waals surface area contributed by atoms with Gasteiger partial charge >= 0.3 is 5.97 Å². The Kier molecular flexibility index (Phi) is 3.47. The predicted octanol–water partition coefficient (Wildman–Crippen LogP) is 2.62. The lowest BCUT2D eigenvalue weighted by molar-refractivity contribution is -0.138. The van der Waals surface area contributed by atoms with Crippen LogP contribution in [0.5, 0.6) is 0 Å². The molecule has 14 heavy (non-hydrogen) atoms. The molecule has 4 heteroatoms. The number of carboxylic acids is 1. The highest BCUT2D eigenvalue weighted by molar-refractivity contribution is 6.30. The molecule has 0 saturated heterocycles. The molecule has 0 aliphatic rings. The van der Waals surface area contributed by atoms with Gasteiger partial charge in [-0.25, -0.2) is 4.98 Å². The zero-order valence-corrected chi connectivity index (χ0v) is 8.88. The molecule has 0 radical (unpaired) electrons. The Morgan fingerprint density at radius 2 is 2.29 bits per heavy atom. The first-order valence-corrected chi connectivity index (χ1v) is 4.80. The normalized spacial score (nSPS) is 12.5. The van der Waals surface area contributed by atoms with Crippen molar-refractivity contribution in [1.29, 1.82) is 0 Å². The number of aryl methyl sites for hydroxylation is 1. The standard InChI is InChI=1S/C10H12ClNO2/c1-3-7(10(13)14)8-5-4-6(2)12-9(8)11/h4-5,7H,3H2,1-2H3,(H,13,14). The Morgan fingerprint density at radius 3 is 2.71 bits per heavy atom. The van der Waals surface area contributed by atoms with E-state index in [0.717, 1.165) is 5.69 Å². The molecular weight excluding hydrogens is 202 g/mol. The molecule has 0 aromatic carbocycles. The number of nitrogens with zero attached hydrogens (tertiary/aromatic N) is 1. The van der Waals surface area contributed by atoms with Gasteiger partial charge in [-0.05, 0) is 19.4 Å². The second kappa shape index (κ2) is 4.42. The SMILES string of the molecule is CCC(C(=O)O)c1ccc(C)nc1Cl. The summed E-state index contributed by atoms with van der Waals surface area (Å²) in [4.78, 5) is 14.9. The van der Waals surface area contributed by atoms with Gasteiger partial charge in [-0.3, -0.25) is 4.79 Å².